The number of nitrogens with zero attached hydrogens (tertiary/aromatic N) is 1. The van der Waals surface area contributed by atoms with Gasteiger partial charge in [0.15, 0.2) is 0 Å². The van der Waals surface area contributed by atoms with Crippen LogP contribution in [0.1, 0.15) is 39.0 Å². The summed E-state index contributed by atoms with van der Waals surface area (Å²) in [4.78, 5) is 13.8. The third kappa shape index (κ3) is 4.67. The second kappa shape index (κ2) is 7.29. The van der Waals surface area contributed by atoms with Gasteiger partial charge in [0.1, 0.15) is 0 Å². The van der Waals surface area contributed by atoms with Crippen LogP contribution in [0.15, 0.2) is 0 Å². The zero-order valence-electron chi connectivity index (χ0n) is 10.2. The standard InChI is InChI=1S/C13H22N2O/c1-3-5-6-7-10-14-11-13(16)15(4-2)12-8-9-12/h1,12,14H,4-11H2,2H3. The number of terminal acetylenes is 1. The highest BCUT2D eigenvalue weighted by molar-refractivity contribution is 5.78. The van der Waals surface area contributed by atoms with Crippen LogP contribution in [0.3, 0.4) is 0 Å². The Balaban J connectivity index is 2.03. The van der Waals surface area contributed by atoms with Crippen molar-refractivity contribution >= 4 is 5.91 Å². The summed E-state index contributed by atoms with van der Waals surface area (Å²) in [5.74, 6) is 2.85. The molecule has 0 unspecified atom stereocenters. The Morgan fingerprint density at radius 1 is 1.50 bits per heavy atom. The molecule has 1 fully saturated rings. The van der Waals surface area contributed by atoms with Gasteiger partial charge >= 0.3 is 0 Å². The lowest BCUT2D eigenvalue weighted by Crippen LogP contribution is -2.39. The normalized spacial score (nSPS) is 14.5. The average molecular weight is 222 g/mol. The highest BCUT2D eigenvalue weighted by atomic mass is 16.2. The first-order chi connectivity index (χ1) is 7.79. The molecule has 1 aliphatic rings. The lowest BCUT2D eigenvalue weighted by atomic mass is 10.2. The third-order valence-electron chi connectivity index (χ3n) is 2.85. The lowest BCUT2D eigenvalue weighted by molar-refractivity contribution is -0.130. The van der Waals surface area contributed by atoms with Gasteiger partial charge in [-0.1, -0.05) is 0 Å². The first-order valence-electron chi connectivity index (χ1n) is 6.23. The van der Waals surface area contributed by atoms with Crippen LogP contribution in [0.2, 0.25) is 0 Å². The number of carbonyl (C=O) groups excluding carboxylic acids is 1. The van der Waals surface area contributed by atoms with E-state index in [0.717, 1.165) is 32.4 Å². The van der Waals surface area contributed by atoms with E-state index in [1.165, 1.54) is 12.8 Å². The monoisotopic (exact) mass is 222 g/mol. The largest absolute Gasteiger partial charge is 0.339 e. The lowest BCUT2D eigenvalue weighted by Gasteiger charge is -2.20. The molecule has 0 atom stereocenters. The van der Waals surface area contributed by atoms with Crippen molar-refractivity contribution in [3.05, 3.63) is 0 Å². The predicted octanol–water partition coefficient (Wildman–Crippen LogP) is 1.39. The smallest absolute Gasteiger partial charge is 0.236 e. The van der Waals surface area contributed by atoms with Crippen LogP contribution in [0.25, 0.3) is 0 Å². The highest BCUT2D eigenvalue weighted by Gasteiger charge is 2.30. The summed E-state index contributed by atoms with van der Waals surface area (Å²) in [5, 5.41) is 3.18. The Bertz CT molecular complexity index is 253. The molecule has 1 aliphatic carbocycles. The van der Waals surface area contributed by atoms with E-state index >= 15 is 0 Å². The van der Waals surface area contributed by atoms with Crippen LogP contribution in [-0.2, 0) is 4.79 Å². The molecule has 0 aromatic rings. The fraction of sp³-hybridized carbons (Fsp3) is 0.769. The summed E-state index contributed by atoms with van der Waals surface area (Å²) in [6.45, 7) is 4.24. The number of rotatable bonds is 8. The minimum Gasteiger partial charge on any atom is -0.339 e. The highest BCUT2D eigenvalue weighted by Crippen LogP contribution is 2.26. The van der Waals surface area contributed by atoms with Crippen molar-refractivity contribution in [3.8, 4) is 12.3 Å². The number of carbonyl (C=O) groups is 1. The van der Waals surface area contributed by atoms with Crippen molar-refractivity contribution in [2.45, 2.75) is 45.1 Å². The first-order valence-corrected chi connectivity index (χ1v) is 6.23. The summed E-state index contributed by atoms with van der Waals surface area (Å²) < 4.78 is 0. The molecule has 1 saturated carbocycles. The molecule has 1 rings (SSSR count). The van der Waals surface area contributed by atoms with E-state index in [0.29, 0.717) is 12.6 Å². The molecule has 0 aromatic carbocycles. The quantitative estimate of drug-likeness (QED) is 0.497. The summed E-state index contributed by atoms with van der Waals surface area (Å²) >= 11 is 0. The number of amides is 1. The molecule has 1 N–H and O–H groups in total. The molecule has 0 aliphatic heterocycles. The number of hydrogen-bond donors (Lipinski definition) is 1. The van der Waals surface area contributed by atoms with E-state index in [1.807, 2.05) is 11.8 Å². The van der Waals surface area contributed by atoms with Crippen LogP contribution in [0.5, 0.6) is 0 Å². The Morgan fingerprint density at radius 3 is 2.81 bits per heavy atom. The molecule has 0 aromatic heterocycles. The van der Waals surface area contributed by atoms with Gasteiger partial charge in [-0.2, -0.15) is 0 Å². The number of hydrogen-bond acceptors (Lipinski definition) is 2. The summed E-state index contributed by atoms with van der Waals surface area (Å²) in [5.41, 5.74) is 0. The molecule has 16 heavy (non-hydrogen) atoms. The van der Waals surface area contributed by atoms with E-state index in [1.54, 1.807) is 0 Å². The predicted molar refractivity (Wildman–Crippen MR) is 66.0 cm³/mol. The number of likely N-dealkylation sites (N-methyl/N-ethyl adjacent to an activating group) is 1. The summed E-state index contributed by atoms with van der Waals surface area (Å²) in [6, 6.07) is 0.528. The van der Waals surface area contributed by atoms with Crippen molar-refractivity contribution in [2.75, 3.05) is 19.6 Å². The Labute approximate surface area is 98.6 Å². The van der Waals surface area contributed by atoms with Crippen LogP contribution in [0, 0.1) is 12.3 Å². The SMILES string of the molecule is C#CCCCCNCC(=O)N(CC)C1CC1. The molecule has 3 nitrogen and oxygen atoms in total. The maximum atomic E-state index is 11.8. The molecule has 1 amide bonds. The summed E-state index contributed by atoms with van der Waals surface area (Å²) in [6.07, 6.45) is 10.4. The van der Waals surface area contributed by atoms with Gasteiger partial charge < -0.3 is 10.2 Å². The molecule has 90 valence electrons. The Kier molecular flexibility index (Phi) is 5.95. The van der Waals surface area contributed by atoms with Gasteiger partial charge in [0, 0.05) is 19.0 Å². The molecule has 0 saturated heterocycles. The zero-order chi connectivity index (χ0) is 11.8. The van der Waals surface area contributed by atoms with Gasteiger partial charge in [0.25, 0.3) is 0 Å². The second-order valence-electron chi connectivity index (χ2n) is 4.25. The minimum absolute atomic E-state index is 0.238. The summed E-state index contributed by atoms with van der Waals surface area (Å²) in [7, 11) is 0. The van der Waals surface area contributed by atoms with E-state index in [9.17, 15) is 4.79 Å². The van der Waals surface area contributed by atoms with Crippen molar-refractivity contribution in [1.29, 1.82) is 0 Å². The van der Waals surface area contributed by atoms with Crippen molar-refractivity contribution in [2.24, 2.45) is 0 Å². The van der Waals surface area contributed by atoms with Gasteiger partial charge in [-0.25, -0.2) is 0 Å². The Hall–Kier alpha value is -1.01. The first kappa shape index (κ1) is 13.1. The van der Waals surface area contributed by atoms with Crippen LogP contribution in [-0.4, -0.2) is 36.5 Å². The molecule has 3 heteroatoms. The van der Waals surface area contributed by atoms with E-state index in [4.69, 9.17) is 6.42 Å². The van der Waals surface area contributed by atoms with Gasteiger partial charge in [0.2, 0.25) is 5.91 Å². The fourth-order valence-electron chi connectivity index (χ4n) is 1.80. The van der Waals surface area contributed by atoms with Crippen molar-refractivity contribution in [3.63, 3.8) is 0 Å². The maximum Gasteiger partial charge on any atom is 0.236 e. The fourth-order valence-corrected chi connectivity index (χ4v) is 1.80. The van der Waals surface area contributed by atoms with E-state index in [-0.39, 0.29) is 5.91 Å². The Morgan fingerprint density at radius 2 is 2.25 bits per heavy atom. The van der Waals surface area contributed by atoms with Crippen LogP contribution in [0.4, 0.5) is 0 Å². The minimum atomic E-state index is 0.238. The molecular weight excluding hydrogens is 200 g/mol. The number of unbranched alkanes of at least 4 members (excludes halogenated alkanes) is 2. The zero-order valence-corrected chi connectivity index (χ0v) is 10.2. The average Bonchev–Trinajstić information content (AvgIpc) is 3.08. The van der Waals surface area contributed by atoms with Gasteiger partial charge in [0.05, 0.1) is 6.54 Å². The molecule has 0 bridgehead atoms. The van der Waals surface area contributed by atoms with Gasteiger partial charge in [-0.3, -0.25) is 4.79 Å². The molecule has 0 heterocycles. The third-order valence-corrected chi connectivity index (χ3v) is 2.85. The maximum absolute atomic E-state index is 11.8. The van der Waals surface area contributed by atoms with Crippen LogP contribution >= 0.6 is 0 Å². The van der Waals surface area contributed by atoms with Gasteiger partial charge in [-0.05, 0) is 39.2 Å². The molecule has 0 radical (unpaired) electrons. The second-order valence-corrected chi connectivity index (χ2v) is 4.25. The van der Waals surface area contributed by atoms with Gasteiger partial charge in [-0.15, -0.1) is 12.3 Å². The molecule has 0 spiro atoms. The molecular formula is C13H22N2O. The van der Waals surface area contributed by atoms with Crippen molar-refractivity contribution in [1.82, 2.24) is 10.2 Å². The number of nitrogens with one attached hydrogen (secondary N) is 1. The van der Waals surface area contributed by atoms with Crippen LogP contribution < -0.4 is 5.32 Å². The van der Waals surface area contributed by atoms with E-state index < -0.39 is 0 Å². The van der Waals surface area contributed by atoms with Crippen molar-refractivity contribution < 1.29 is 4.79 Å². The topological polar surface area (TPSA) is 32.3 Å². The van der Waals surface area contributed by atoms with E-state index in [2.05, 4.69) is 11.2 Å².